The van der Waals surface area contributed by atoms with Crippen LogP contribution in [0.3, 0.4) is 0 Å². The summed E-state index contributed by atoms with van der Waals surface area (Å²) in [5, 5.41) is 0. The molecule has 0 saturated heterocycles. The van der Waals surface area contributed by atoms with Gasteiger partial charge >= 0.3 is 0 Å². The molecule has 1 aromatic rings. The van der Waals surface area contributed by atoms with Gasteiger partial charge < -0.3 is 10.5 Å². The Morgan fingerprint density at radius 3 is 2.33 bits per heavy atom. The first kappa shape index (κ1) is 11.8. The lowest BCUT2D eigenvalue weighted by Gasteiger charge is -2.12. The number of anilines is 1. The topological polar surface area (TPSA) is 72.6 Å². The van der Waals surface area contributed by atoms with Gasteiger partial charge in [-0.25, -0.2) is 12.7 Å². The van der Waals surface area contributed by atoms with E-state index >= 15 is 0 Å². The number of hydrogen-bond acceptors (Lipinski definition) is 4. The molecule has 0 saturated carbocycles. The van der Waals surface area contributed by atoms with Crippen LogP contribution in [0, 0.1) is 0 Å². The zero-order valence-corrected chi connectivity index (χ0v) is 9.71. The molecule has 2 N–H and O–H groups in total. The molecule has 84 valence electrons. The first-order valence-corrected chi connectivity index (χ1v) is 5.69. The first-order chi connectivity index (χ1) is 6.87. The summed E-state index contributed by atoms with van der Waals surface area (Å²) in [6, 6.07) is 4.40. The Morgan fingerprint density at radius 2 is 1.87 bits per heavy atom. The van der Waals surface area contributed by atoms with Crippen LogP contribution in [0.15, 0.2) is 23.1 Å². The van der Waals surface area contributed by atoms with Crippen LogP contribution < -0.4 is 10.5 Å². The van der Waals surface area contributed by atoms with E-state index in [-0.39, 0.29) is 4.90 Å². The summed E-state index contributed by atoms with van der Waals surface area (Å²) in [6.45, 7) is 0. The van der Waals surface area contributed by atoms with E-state index in [1.165, 1.54) is 33.3 Å². The number of ether oxygens (including phenoxy) is 1. The van der Waals surface area contributed by atoms with Crippen LogP contribution in [-0.2, 0) is 10.0 Å². The molecular weight excluding hydrogens is 216 g/mol. The predicted molar refractivity (Wildman–Crippen MR) is 58.3 cm³/mol. The number of methoxy groups -OCH3 is 1. The van der Waals surface area contributed by atoms with Crippen LogP contribution in [-0.4, -0.2) is 33.9 Å². The Hall–Kier alpha value is -1.27. The Kier molecular flexibility index (Phi) is 3.21. The van der Waals surface area contributed by atoms with Gasteiger partial charge in [-0.3, -0.25) is 0 Å². The van der Waals surface area contributed by atoms with Crippen molar-refractivity contribution in [2.24, 2.45) is 0 Å². The van der Waals surface area contributed by atoms with Crippen LogP contribution >= 0.6 is 0 Å². The molecular formula is C9H14N2O3S. The number of hydrogen-bond donors (Lipinski definition) is 1. The lowest BCUT2D eigenvalue weighted by Crippen LogP contribution is -2.22. The average Bonchev–Trinajstić information content (AvgIpc) is 2.16. The fourth-order valence-electron chi connectivity index (χ4n) is 1.07. The van der Waals surface area contributed by atoms with Gasteiger partial charge in [0, 0.05) is 31.9 Å². The molecule has 0 radical (unpaired) electrons. The molecule has 1 rings (SSSR count). The van der Waals surface area contributed by atoms with E-state index in [0.29, 0.717) is 11.4 Å². The number of nitrogens with two attached hydrogens (primary N) is 1. The molecule has 0 amide bonds. The highest BCUT2D eigenvalue weighted by Crippen LogP contribution is 2.23. The Morgan fingerprint density at radius 1 is 1.27 bits per heavy atom. The maximum atomic E-state index is 11.8. The van der Waals surface area contributed by atoms with Crippen molar-refractivity contribution in [3.05, 3.63) is 18.2 Å². The smallest absolute Gasteiger partial charge is 0.242 e. The van der Waals surface area contributed by atoms with Gasteiger partial charge in [0.15, 0.2) is 0 Å². The minimum atomic E-state index is -3.46. The van der Waals surface area contributed by atoms with Crippen molar-refractivity contribution in [1.29, 1.82) is 0 Å². The van der Waals surface area contributed by atoms with Crippen molar-refractivity contribution in [3.63, 3.8) is 0 Å². The second-order valence-electron chi connectivity index (χ2n) is 3.23. The first-order valence-electron chi connectivity index (χ1n) is 4.25. The standard InChI is InChI=1S/C9H14N2O3S/c1-11(2)15(12,13)9-5-7(10)4-8(6-9)14-3/h4-6H,10H2,1-3H3. The maximum absolute atomic E-state index is 11.8. The number of nitrogens with zero attached hydrogens (tertiary/aromatic N) is 1. The molecule has 0 aromatic heterocycles. The van der Waals surface area contributed by atoms with E-state index in [1.807, 2.05) is 0 Å². The fourth-order valence-corrected chi connectivity index (χ4v) is 2.04. The third kappa shape index (κ3) is 2.40. The van der Waals surface area contributed by atoms with E-state index in [2.05, 4.69) is 0 Å². The Balaban J connectivity index is 3.33. The van der Waals surface area contributed by atoms with Gasteiger partial charge in [-0.2, -0.15) is 0 Å². The molecule has 0 heterocycles. The zero-order chi connectivity index (χ0) is 11.6. The van der Waals surface area contributed by atoms with E-state index in [1.54, 1.807) is 6.07 Å². The summed E-state index contributed by atoms with van der Waals surface area (Å²) in [5.41, 5.74) is 5.93. The van der Waals surface area contributed by atoms with Crippen molar-refractivity contribution < 1.29 is 13.2 Å². The van der Waals surface area contributed by atoms with Gasteiger partial charge in [0.05, 0.1) is 12.0 Å². The summed E-state index contributed by atoms with van der Waals surface area (Å²) in [5.74, 6) is 0.426. The third-order valence-corrected chi connectivity index (χ3v) is 3.71. The number of sulfonamides is 1. The molecule has 0 bridgehead atoms. The molecule has 0 fully saturated rings. The zero-order valence-electron chi connectivity index (χ0n) is 8.89. The van der Waals surface area contributed by atoms with E-state index in [4.69, 9.17) is 10.5 Å². The molecule has 0 aliphatic carbocycles. The van der Waals surface area contributed by atoms with E-state index < -0.39 is 10.0 Å². The summed E-state index contributed by atoms with van der Waals surface area (Å²) < 4.78 is 29.6. The quantitative estimate of drug-likeness (QED) is 0.769. The molecule has 0 aliphatic heterocycles. The van der Waals surface area contributed by atoms with Crippen LogP contribution in [0.25, 0.3) is 0 Å². The lowest BCUT2D eigenvalue weighted by molar-refractivity contribution is 0.413. The molecule has 0 aliphatic rings. The highest BCUT2D eigenvalue weighted by molar-refractivity contribution is 7.89. The molecule has 1 aromatic carbocycles. The highest BCUT2D eigenvalue weighted by Gasteiger charge is 2.18. The third-order valence-electron chi connectivity index (χ3n) is 1.92. The molecule has 0 atom stereocenters. The van der Waals surface area contributed by atoms with Gasteiger partial charge in [0.1, 0.15) is 5.75 Å². The van der Waals surface area contributed by atoms with Crippen LogP contribution in [0.4, 0.5) is 5.69 Å². The molecule has 6 heteroatoms. The average molecular weight is 230 g/mol. The highest BCUT2D eigenvalue weighted by atomic mass is 32.2. The SMILES string of the molecule is COc1cc(N)cc(S(=O)(=O)N(C)C)c1. The minimum absolute atomic E-state index is 0.129. The molecule has 5 nitrogen and oxygen atoms in total. The summed E-state index contributed by atoms with van der Waals surface area (Å²) in [6.07, 6.45) is 0. The van der Waals surface area contributed by atoms with Crippen LogP contribution in [0.1, 0.15) is 0 Å². The van der Waals surface area contributed by atoms with Gasteiger partial charge in [-0.15, -0.1) is 0 Å². The predicted octanol–water partition coefficient (Wildman–Crippen LogP) is 0.528. The van der Waals surface area contributed by atoms with Gasteiger partial charge in [0.2, 0.25) is 10.0 Å². The molecule has 0 spiro atoms. The van der Waals surface area contributed by atoms with Gasteiger partial charge in [-0.1, -0.05) is 0 Å². The number of rotatable bonds is 3. The van der Waals surface area contributed by atoms with Crippen molar-refractivity contribution in [3.8, 4) is 5.75 Å². The van der Waals surface area contributed by atoms with Crippen molar-refractivity contribution in [2.75, 3.05) is 26.9 Å². The number of nitrogen functional groups attached to an aromatic ring is 1. The lowest BCUT2D eigenvalue weighted by atomic mass is 10.3. The van der Waals surface area contributed by atoms with Crippen LogP contribution in [0.2, 0.25) is 0 Å². The largest absolute Gasteiger partial charge is 0.497 e. The maximum Gasteiger partial charge on any atom is 0.242 e. The van der Waals surface area contributed by atoms with E-state index in [0.717, 1.165) is 4.31 Å². The second kappa shape index (κ2) is 4.08. The molecule has 15 heavy (non-hydrogen) atoms. The summed E-state index contributed by atoms with van der Waals surface area (Å²) in [7, 11) is 0.927. The van der Waals surface area contributed by atoms with Crippen molar-refractivity contribution in [1.82, 2.24) is 4.31 Å². The normalized spacial score (nSPS) is 11.7. The monoisotopic (exact) mass is 230 g/mol. The van der Waals surface area contributed by atoms with Crippen molar-refractivity contribution in [2.45, 2.75) is 4.90 Å². The minimum Gasteiger partial charge on any atom is -0.497 e. The van der Waals surface area contributed by atoms with Crippen molar-refractivity contribution >= 4 is 15.7 Å². The Bertz CT molecular complexity index is 454. The Labute approximate surface area is 89.5 Å². The number of benzene rings is 1. The van der Waals surface area contributed by atoms with Gasteiger partial charge in [0.25, 0.3) is 0 Å². The van der Waals surface area contributed by atoms with Crippen LogP contribution in [0.5, 0.6) is 5.75 Å². The summed E-state index contributed by atoms with van der Waals surface area (Å²) >= 11 is 0. The fraction of sp³-hybridized carbons (Fsp3) is 0.333. The molecule has 0 unspecified atom stereocenters. The van der Waals surface area contributed by atoms with Gasteiger partial charge in [-0.05, 0) is 6.07 Å². The van der Waals surface area contributed by atoms with E-state index in [9.17, 15) is 8.42 Å². The summed E-state index contributed by atoms with van der Waals surface area (Å²) in [4.78, 5) is 0.129. The second-order valence-corrected chi connectivity index (χ2v) is 5.38.